The first kappa shape index (κ1) is 17.5. The van der Waals surface area contributed by atoms with Gasteiger partial charge in [-0.05, 0) is 66.4 Å². The number of oxazole rings is 2. The van der Waals surface area contributed by atoms with Crippen molar-refractivity contribution in [3.8, 4) is 22.9 Å². The number of fused-ring (bicyclic) bond motifs is 2. The van der Waals surface area contributed by atoms with E-state index >= 15 is 0 Å². The Bertz CT molecular complexity index is 1250. The fourth-order valence-electron chi connectivity index (χ4n) is 3.53. The summed E-state index contributed by atoms with van der Waals surface area (Å²) in [6.45, 7) is 4.24. The lowest BCUT2D eigenvalue weighted by molar-refractivity contribution is 0.617. The third-order valence-electron chi connectivity index (χ3n) is 5.17. The molecule has 0 saturated heterocycles. The van der Waals surface area contributed by atoms with E-state index in [9.17, 15) is 0 Å². The van der Waals surface area contributed by atoms with Gasteiger partial charge in [0, 0.05) is 16.8 Å². The molecule has 5 rings (SSSR count). The fraction of sp³-hybridized carbons (Fsp3) is 0.167. The second kappa shape index (κ2) is 6.78. The van der Waals surface area contributed by atoms with Crippen molar-refractivity contribution in [2.24, 2.45) is 0 Å². The largest absolute Gasteiger partial charge is 0.436 e. The van der Waals surface area contributed by atoms with Crippen molar-refractivity contribution in [3.63, 3.8) is 0 Å². The van der Waals surface area contributed by atoms with Crippen LogP contribution in [0.25, 0.3) is 45.1 Å². The van der Waals surface area contributed by atoms with E-state index in [1.165, 1.54) is 11.1 Å². The molecule has 5 heteroatoms. The Morgan fingerprint density at radius 2 is 1.17 bits per heavy atom. The van der Waals surface area contributed by atoms with Crippen LogP contribution < -0.4 is 5.73 Å². The third-order valence-corrected chi connectivity index (χ3v) is 5.17. The molecule has 0 radical (unpaired) electrons. The van der Waals surface area contributed by atoms with Crippen LogP contribution in [0.2, 0.25) is 0 Å². The molecule has 0 bridgehead atoms. The summed E-state index contributed by atoms with van der Waals surface area (Å²) in [5.74, 6) is 1.07. The minimum absolute atomic E-state index is 0.534. The smallest absolute Gasteiger partial charge is 0.227 e. The number of rotatable bonds is 4. The van der Waals surface area contributed by atoms with Crippen LogP contribution >= 0.6 is 0 Å². The maximum atomic E-state index is 6.17. The van der Waals surface area contributed by atoms with Crippen LogP contribution in [0.1, 0.15) is 25.0 Å². The molecule has 0 saturated carbocycles. The van der Waals surface area contributed by atoms with E-state index in [2.05, 4.69) is 48.1 Å². The molecule has 2 N–H and O–H groups in total. The van der Waals surface area contributed by atoms with Crippen LogP contribution in [0.5, 0.6) is 0 Å². The van der Waals surface area contributed by atoms with Crippen LogP contribution in [0.3, 0.4) is 0 Å². The Kier molecular flexibility index (Phi) is 4.09. The normalized spacial score (nSPS) is 11.5. The SMILES string of the molecule is CCc1ccc2oc(-c3cc(N)cc(-c4nc5cc(CC)ccc5o4)c3)nc2c1. The van der Waals surface area contributed by atoms with Gasteiger partial charge >= 0.3 is 0 Å². The van der Waals surface area contributed by atoms with E-state index in [1.54, 1.807) is 0 Å². The third kappa shape index (κ3) is 3.14. The summed E-state index contributed by atoms with van der Waals surface area (Å²) in [5.41, 5.74) is 14.0. The number of hydrogen-bond donors (Lipinski definition) is 1. The first-order valence-corrected chi connectivity index (χ1v) is 9.83. The van der Waals surface area contributed by atoms with E-state index in [1.807, 2.05) is 30.3 Å². The summed E-state index contributed by atoms with van der Waals surface area (Å²) in [4.78, 5) is 9.32. The lowest BCUT2D eigenvalue weighted by Crippen LogP contribution is -1.89. The fourth-order valence-corrected chi connectivity index (χ4v) is 3.53. The molecule has 0 amide bonds. The lowest BCUT2D eigenvalue weighted by atomic mass is 10.1. The van der Waals surface area contributed by atoms with Gasteiger partial charge in [0.05, 0.1) is 0 Å². The number of nitrogen functional groups attached to an aromatic ring is 1. The molecule has 0 atom stereocenters. The number of hydrogen-bond acceptors (Lipinski definition) is 5. The van der Waals surface area contributed by atoms with Gasteiger partial charge in [0.1, 0.15) is 11.0 Å². The maximum Gasteiger partial charge on any atom is 0.227 e. The van der Waals surface area contributed by atoms with Gasteiger partial charge in [-0.25, -0.2) is 9.97 Å². The molecule has 144 valence electrons. The van der Waals surface area contributed by atoms with Crippen molar-refractivity contribution in [2.45, 2.75) is 26.7 Å². The molecule has 2 heterocycles. The first-order chi connectivity index (χ1) is 14.1. The molecule has 5 nitrogen and oxygen atoms in total. The van der Waals surface area contributed by atoms with Gasteiger partial charge in [0.15, 0.2) is 11.2 Å². The monoisotopic (exact) mass is 383 g/mol. The van der Waals surface area contributed by atoms with Crippen LogP contribution in [-0.2, 0) is 12.8 Å². The molecular weight excluding hydrogens is 362 g/mol. The zero-order chi connectivity index (χ0) is 20.0. The number of aromatic nitrogens is 2. The molecule has 2 aromatic heterocycles. The van der Waals surface area contributed by atoms with Crippen LogP contribution in [-0.4, -0.2) is 9.97 Å². The van der Waals surface area contributed by atoms with Gasteiger partial charge in [-0.1, -0.05) is 26.0 Å². The van der Waals surface area contributed by atoms with E-state index < -0.39 is 0 Å². The number of benzene rings is 3. The standard InChI is InChI=1S/C24H21N3O2/c1-3-14-5-7-21-19(9-14)26-23(28-21)16-11-17(13-18(25)12-16)24-27-20-10-15(4-2)6-8-22(20)29-24/h5-13H,3-4,25H2,1-2H3. The molecule has 0 aliphatic rings. The van der Waals surface area contributed by atoms with Crippen LogP contribution in [0.15, 0.2) is 63.4 Å². The van der Waals surface area contributed by atoms with Gasteiger partial charge in [0.25, 0.3) is 0 Å². The predicted molar refractivity (Wildman–Crippen MR) is 116 cm³/mol. The quantitative estimate of drug-likeness (QED) is 0.385. The molecule has 0 spiro atoms. The second-order valence-electron chi connectivity index (χ2n) is 7.19. The van der Waals surface area contributed by atoms with Crippen molar-refractivity contribution in [1.29, 1.82) is 0 Å². The molecule has 0 unspecified atom stereocenters. The molecule has 29 heavy (non-hydrogen) atoms. The number of anilines is 1. The lowest BCUT2D eigenvalue weighted by Gasteiger charge is -2.02. The average molecular weight is 383 g/mol. The van der Waals surface area contributed by atoms with E-state index in [0.717, 1.165) is 46.2 Å². The summed E-state index contributed by atoms with van der Waals surface area (Å²) < 4.78 is 11.9. The van der Waals surface area contributed by atoms with Crippen molar-refractivity contribution >= 4 is 27.9 Å². The maximum absolute atomic E-state index is 6.17. The van der Waals surface area contributed by atoms with Crippen molar-refractivity contribution in [2.75, 3.05) is 5.73 Å². The van der Waals surface area contributed by atoms with Crippen molar-refractivity contribution in [1.82, 2.24) is 9.97 Å². The van der Waals surface area contributed by atoms with E-state index in [0.29, 0.717) is 17.5 Å². The Hall–Kier alpha value is -3.60. The topological polar surface area (TPSA) is 78.1 Å². The zero-order valence-corrected chi connectivity index (χ0v) is 16.4. The molecule has 0 fully saturated rings. The molecular formula is C24H21N3O2. The highest BCUT2D eigenvalue weighted by Crippen LogP contribution is 2.32. The Balaban J connectivity index is 1.60. The van der Waals surface area contributed by atoms with Gasteiger partial charge < -0.3 is 14.6 Å². The Morgan fingerprint density at radius 3 is 1.62 bits per heavy atom. The highest BCUT2D eigenvalue weighted by atomic mass is 16.4. The minimum atomic E-state index is 0.534. The molecule has 0 aliphatic carbocycles. The Labute approximate surface area is 168 Å². The molecule has 3 aromatic carbocycles. The highest BCUT2D eigenvalue weighted by Gasteiger charge is 2.14. The van der Waals surface area contributed by atoms with E-state index in [4.69, 9.17) is 14.6 Å². The second-order valence-corrected chi connectivity index (χ2v) is 7.19. The summed E-state index contributed by atoms with van der Waals surface area (Å²) >= 11 is 0. The Morgan fingerprint density at radius 1 is 0.690 bits per heavy atom. The predicted octanol–water partition coefficient (Wildman–Crippen LogP) is 6.01. The van der Waals surface area contributed by atoms with E-state index in [-0.39, 0.29) is 0 Å². The van der Waals surface area contributed by atoms with Gasteiger partial charge in [0.2, 0.25) is 11.8 Å². The summed E-state index contributed by atoms with van der Waals surface area (Å²) in [7, 11) is 0. The van der Waals surface area contributed by atoms with Gasteiger partial charge in [-0.2, -0.15) is 0 Å². The van der Waals surface area contributed by atoms with Crippen LogP contribution in [0.4, 0.5) is 5.69 Å². The van der Waals surface area contributed by atoms with Crippen molar-refractivity contribution < 1.29 is 8.83 Å². The highest BCUT2D eigenvalue weighted by molar-refractivity contribution is 5.81. The first-order valence-electron chi connectivity index (χ1n) is 9.83. The van der Waals surface area contributed by atoms with Gasteiger partial charge in [-0.15, -0.1) is 0 Å². The average Bonchev–Trinajstić information content (AvgIpc) is 3.36. The number of nitrogens with zero attached hydrogens (tertiary/aromatic N) is 2. The zero-order valence-electron chi connectivity index (χ0n) is 16.4. The molecule has 5 aromatic rings. The molecule has 0 aliphatic heterocycles. The van der Waals surface area contributed by atoms with Gasteiger partial charge in [-0.3, -0.25) is 0 Å². The summed E-state index contributed by atoms with van der Waals surface area (Å²) in [6, 6.07) is 17.8. The minimum Gasteiger partial charge on any atom is -0.436 e. The summed E-state index contributed by atoms with van der Waals surface area (Å²) in [6.07, 6.45) is 1.91. The van der Waals surface area contributed by atoms with Crippen LogP contribution in [0, 0.1) is 0 Å². The number of aryl methyl sites for hydroxylation is 2. The summed E-state index contributed by atoms with van der Waals surface area (Å²) in [5, 5.41) is 0. The number of nitrogens with two attached hydrogens (primary N) is 1. The van der Waals surface area contributed by atoms with Crippen molar-refractivity contribution in [3.05, 3.63) is 65.7 Å².